The molecule has 130 valence electrons. The summed E-state index contributed by atoms with van der Waals surface area (Å²) < 4.78 is 5.34. The first-order valence-corrected chi connectivity index (χ1v) is 8.75. The molecule has 0 spiro atoms. The number of nitrogens with zero attached hydrogens (tertiary/aromatic N) is 1. The first kappa shape index (κ1) is 17.6. The molecular weight excluding hydrogens is 348 g/mol. The molecule has 0 radical (unpaired) electrons. The van der Waals surface area contributed by atoms with E-state index < -0.39 is 5.97 Å². The summed E-state index contributed by atoms with van der Waals surface area (Å²) in [6.07, 6.45) is 1.52. The Kier molecular flexibility index (Phi) is 5.56. The maximum absolute atomic E-state index is 12.1. The molecule has 0 unspecified atom stereocenters. The molecule has 2 aromatic carbocycles. The van der Waals surface area contributed by atoms with Crippen molar-refractivity contribution < 1.29 is 14.3 Å². The van der Waals surface area contributed by atoms with Crippen molar-refractivity contribution in [3.05, 3.63) is 87.6 Å². The number of carbonyl (C=O) groups excluding carboxylic acids is 2. The monoisotopic (exact) mass is 364 g/mol. The normalized spacial score (nSPS) is 10.7. The fourth-order valence-electron chi connectivity index (χ4n) is 2.11. The number of esters is 1. The van der Waals surface area contributed by atoms with Gasteiger partial charge in [0.2, 0.25) is 0 Å². The van der Waals surface area contributed by atoms with E-state index in [1.54, 1.807) is 48.5 Å². The predicted octanol–water partition coefficient (Wildman–Crippen LogP) is 4.04. The van der Waals surface area contributed by atoms with Gasteiger partial charge in [0.15, 0.2) is 0 Å². The Balaban J connectivity index is 1.56. The summed E-state index contributed by atoms with van der Waals surface area (Å²) in [7, 11) is 0. The van der Waals surface area contributed by atoms with Crippen LogP contribution < -0.4 is 10.2 Å². The van der Waals surface area contributed by atoms with Crippen LogP contribution in [-0.2, 0) is 0 Å². The highest BCUT2D eigenvalue weighted by molar-refractivity contribution is 7.12. The molecule has 0 aliphatic rings. The molecule has 0 aliphatic carbocycles. The molecule has 26 heavy (non-hydrogen) atoms. The van der Waals surface area contributed by atoms with Crippen LogP contribution >= 0.6 is 11.3 Å². The van der Waals surface area contributed by atoms with Gasteiger partial charge in [-0.05, 0) is 60.3 Å². The molecule has 0 saturated heterocycles. The Hall–Kier alpha value is -3.25. The van der Waals surface area contributed by atoms with E-state index in [4.69, 9.17) is 4.74 Å². The topological polar surface area (TPSA) is 67.8 Å². The largest absolute Gasteiger partial charge is 0.423 e. The van der Waals surface area contributed by atoms with Crippen LogP contribution in [-0.4, -0.2) is 18.1 Å². The minimum Gasteiger partial charge on any atom is -0.423 e. The molecule has 0 fully saturated rings. The summed E-state index contributed by atoms with van der Waals surface area (Å²) in [6.45, 7) is 1.96. The Bertz CT molecular complexity index is 915. The Morgan fingerprint density at radius 2 is 1.77 bits per heavy atom. The number of hydrogen-bond donors (Lipinski definition) is 1. The summed E-state index contributed by atoms with van der Waals surface area (Å²) in [5.74, 6) is -0.218. The van der Waals surface area contributed by atoms with Gasteiger partial charge in [-0.15, -0.1) is 11.3 Å². The number of aryl methyl sites for hydroxylation is 1. The Morgan fingerprint density at radius 3 is 2.42 bits per heavy atom. The van der Waals surface area contributed by atoms with Gasteiger partial charge in [-0.2, -0.15) is 5.10 Å². The summed E-state index contributed by atoms with van der Waals surface area (Å²) in [4.78, 5) is 24.4. The fraction of sp³-hybridized carbons (Fsp3) is 0.0500. The molecule has 3 aromatic rings. The average Bonchev–Trinajstić information content (AvgIpc) is 3.18. The minimum absolute atomic E-state index is 0.250. The molecule has 1 aromatic heterocycles. The van der Waals surface area contributed by atoms with E-state index in [0.29, 0.717) is 16.2 Å². The number of thiophene rings is 1. The molecule has 5 nitrogen and oxygen atoms in total. The number of hydrogen-bond acceptors (Lipinski definition) is 5. The van der Waals surface area contributed by atoms with Gasteiger partial charge in [-0.3, -0.25) is 4.79 Å². The van der Waals surface area contributed by atoms with Crippen molar-refractivity contribution in [2.75, 3.05) is 0 Å². The first-order chi connectivity index (χ1) is 12.6. The van der Waals surface area contributed by atoms with Crippen molar-refractivity contribution in [3.63, 3.8) is 0 Å². The van der Waals surface area contributed by atoms with Gasteiger partial charge in [0.05, 0.1) is 16.7 Å². The van der Waals surface area contributed by atoms with E-state index in [9.17, 15) is 9.59 Å². The van der Waals surface area contributed by atoms with Crippen molar-refractivity contribution in [1.29, 1.82) is 0 Å². The Labute approximate surface area is 154 Å². The summed E-state index contributed by atoms with van der Waals surface area (Å²) in [6, 6.07) is 17.6. The van der Waals surface area contributed by atoms with Crippen molar-refractivity contribution >= 4 is 29.4 Å². The number of rotatable bonds is 5. The lowest BCUT2D eigenvalue weighted by molar-refractivity contribution is 0.0734. The second kappa shape index (κ2) is 8.22. The van der Waals surface area contributed by atoms with Crippen LogP contribution in [0.15, 0.2) is 71.1 Å². The SMILES string of the molecule is Cc1ccc(C(=O)Oc2ccc(/C=N/NC(=O)c3cccs3)cc2)cc1. The number of nitrogens with one attached hydrogen (secondary N) is 1. The van der Waals surface area contributed by atoms with Crippen LogP contribution in [0.4, 0.5) is 0 Å². The van der Waals surface area contributed by atoms with Gasteiger partial charge in [-0.25, -0.2) is 10.2 Å². The second-order valence-electron chi connectivity index (χ2n) is 5.50. The zero-order valence-corrected chi connectivity index (χ0v) is 14.8. The standard InChI is InChI=1S/C20H16N2O3S/c1-14-4-8-16(9-5-14)20(24)25-17-10-6-15(7-11-17)13-21-22-19(23)18-3-2-12-26-18/h2-13H,1H3,(H,22,23)/b21-13+. The van der Waals surface area contributed by atoms with Crippen LogP contribution in [0.2, 0.25) is 0 Å². The lowest BCUT2D eigenvalue weighted by Gasteiger charge is -2.05. The lowest BCUT2D eigenvalue weighted by Crippen LogP contribution is -2.16. The highest BCUT2D eigenvalue weighted by Gasteiger charge is 2.08. The van der Waals surface area contributed by atoms with Gasteiger partial charge >= 0.3 is 5.97 Å². The van der Waals surface area contributed by atoms with Gasteiger partial charge in [0, 0.05) is 0 Å². The molecule has 0 bridgehead atoms. The molecule has 0 atom stereocenters. The van der Waals surface area contributed by atoms with Crippen molar-refractivity contribution in [3.8, 4) is 5.75 Å². The second-order valence-corrected chi connectivity index (χ2v) is 6.45. The first-order valence-electron chi connectivity index (χ1n) is 7.87. The molecule has 1 N–H and O–H groups in total. The van der Waals surface area contributed by atoms with Crippen molar-refractivity contribution in [2.45, 2.75) is 6.92 Å². The number of amides is 1. The third-order valence-corrected chi connectivity index (χ3v) is 4.37. The minimum atomic E-state index is -0.408. The third kappa shape index (κ3) is 4.64. The van der Waals surface area contributed by atoms with Gasteiger partial charge in [0.1, 0.15) is 5.75 Å². The van der Waals surface area contributed by atoms with Crippen LogP contribution in [0.1, 0.15) is 31.2 Å². The molecule has 6 heteroatoms. The molecule has 0 aliphatic heterocycles. The number of benzene rings is 2. The molecule has 1 amide bonds. The van der Waals surface area contributed by atoms with Crippen LogP contribution in [0, 0.1) is 6.92 Å². The number of carbonyl (C=O) groups is 2. The average molecular weight is 364 g/mol. The third-order valence-electron chi connectivity index (χ3n) is 3.50. The zero-order chi connectivity index (χ0) is 18.4. The van der Waals surface area contributed by atoms with Crippen molar-refractivity contribution in [2.24, 2.45) is 5.10 Å². The van der Waals surface area contributed by atoms with Crippen LogP contribution in [0.25, 0.3) is 0 Å². The Morgan fingerprint density at radius 1 is 1.04 bits per heavy atom. The molecule has 3 rings (SSSR count). The van der Waals surface area contributed by atoms with E-state index in [-0.39, 0.29) is 5.91 Å². The maximum Gasteiger partial charge on any atom is 0.343 e. The van der Waals surface area contributed by atoms with E-state index in [2.05, 4.69) is 10.5 Å². The molecular formula is C20H16N2O3S. The van der Waals surface area contributed by atoms with E-state index in [0.717, 1.165) is 11.1 Å². The summed E-state index contributed by atoms with van der Waals surface area (Å²) >= 11 is 1.35. The van der Waals surface area contributed by atoms with E-state index in [1.165, 1.54) is 17.6 Å². The fourth-order valence-corrected chi connectivity index (χ4v) is 2.72. The van der Waals surface area contributed by atoms with E-state index in [1.807, 2.05) is 24.4 Å². The smallest absolute Gasteiger partial charge is 0.343 e. The predicted molar refractivity (Wildman–Crippen MR) is 102 cm³/mol. The van der Waals surface area contributed by atoms with Gasteiger partial charge < -0.3 is 4.74 Å². The van der Waals surface area contributed by atoms with Crippen molar-refractivity contribution in [1.82, 2.24) is 5.43 Å². The van der Waals surface area contributed by atoms with Gasteiger partial charge in [0.25, 0.3) is 5.91 Å². The summed E-state index contributed by atoms with van der Waals surface area (Å²) in [5.41, 5.74) is 4.81. The lowest BCUT2D eigenvalue weighted by atomic mass is 10.1. The maximum atomic E-state index is 12.1. The highest BCUT2D eigenvalue weighted by atomic mass is 32.1. The van der Waals surface area contributed by atoms with Crippen LogP contribution in [0.3, 0.4) is 0 Å². The molecule has 0 saturated carbocycles. The van der Waals surface area contributed by atoms with Gasteiger partial charge in [-0.1, -0.05) is 23.8 Å². The number of ether oxygens (including phenoxy) is 1. The number of hydrazone groups is 1. The highest BCUT2D eigenvalue weighted by Crippen LogP contribution is 2.14. The quantitative estimate of drug-likeness (QED) is 0.322. The summed E-state index contributed by atoms with van der Waals surface area (Å²) in [5, 5.41) is 5.75. The zero-order valence-electron chi connectivity index (χ0n) is 14.0. The van der Waals surface area contributed by atoms with E-state index >= 15 is 0 Å². The molecule has 1 heterocycles. The van der Waals surface area contributed by atoms with Crippen LogP contribution in [0.5, 0.6) is 5.75 Å².